The molecule has 0 radical (unpaired) electrons. The summed E-state index contributed by atoms with van der Waals surface area (Å²) in [6.07, 6.45) is 3.79. The molecule has 118 valence electrons. The van der Waals surface area contributed by atoms with E-state index < -0.39 is 0 Å². The molecule has 0 aliphatic carbocycles. The predicted molar refractivity (Wildman–Crippen MR) is 87.2 cm³/mol. The molecule has 0 aliphatic heterocycles. The molecule has 5 heteroatoms. The molecule has 0 bridgehead atoms. The maximum absolute atomic E-state index is 12.1. The van der Waals surface area contributed by atoms with E-state index in [0.717, 1.165) is 23.6 Å². The lowest BCUT2D eigenvalue weighted by Crippen LogP contribution is -2.17. The first-order chi connectivity index (χ1) is 10.6. The molecular formula is C17H23N3O2. The van der Waals surface area contributed by atoms with Crippen LogP contribution in [0.1, 0.15) is 38.3 Å². The van der Waals surface area contributed by atoms with Crippen LogP contribution >= 0.6 is 0 Å². The first-order valence-corrected chi connectivity index (χ1v) is 7.60. The van der Waals surface area contributed by atoms with Gasteiger partial charge in [0, 0.05) is 12.5 Å². The average Bonchev–Trinajstić information content (AvgIpc) is 3.00. The molecule has 1 N–H and O–H groups in total. The maximum atomic E-state index is 12.1. The number of aryl methyl sites for hydroxylation is 1. The highest BCUT2D eigenvalue weighted by atomic mass is 16.5. The second-order valence-electron chi connectivity index (χ2n) is 5.32. The number of rotatable bonds is 7. The van der Waals surface area contributed by atoms with Crippen molar-refractivity contribution in [2.24, 2.45) is 0 Å². The van der Waals surface area contributed by atoms with Gasteiger partial charge < -0.3 is 10.1 Å². The number of nitrogens with one attached hydrogen (secondary N) is 1. The zero-order valence-electron chi connectivity index (χ0n) is 13.4. The smallest absolute Gasteiger partial charge is 0.225 e. The number of amides is 1. The molecule has 0 spiro atoms. The van der Waals surface area contributed by atoms with Gasteiger partial charge in [-0.25, -0.2) is 4.68 Å². The lowest BCUT2D eigenvalue weighted by atomic mass is 10.1. The fourth-order valence-electron chi connectivity index (χ4n) is 2.23. The van der Waals surface area contributed by atoms with Crippen molar-refractivity contribution in [3.05, 3.63) is 42.1 Å². The van der Waals surface area contributed by atoms with Gasteiger partial charge in [0.05, 0.1) is 19.3 Å². The van der Waals surface area contributed by atoms with Gasteiger partial charge in [0.2, 0.25) is 5.91 Å². The highest BCUT2D eigenvalue weighted by molar-refractivity contribution is 5.89. The van der Waals surface area contributed by atoms with Crippen molar-refractivity contribution in [2.45, 2.75) is 39.2 Å². The number of carbonyl (C=O) groups excluding carboxylic acids is 1. The molecule has 2 rings (SSSR count). The summed E-state index contributed by atoms with van der Waals surface area (Å²) >= 11 is 0. The summed E-state index contributed by atoms with van der Waals surface area (Å²) in [5.41, 5.74) is 1.09. The molecule has 0 fully saturated rings. The Kier molecular flexibility index (Phi) is 5.58. The van der Waals surface area contributed by atoms with Crippen LogP contribution in [-0.4, -0.2) is 22.8 Å². The average molecular weight is 301 g/mol. The molecule has 1 aromatic carbocycles. The first-order valence-electron chi connectivity index (χ1n) is 7.60. The Bertz CT molecular complexity index is 622. The van der Waals surface area contributed by atoms with Crippen LogP contribution in [-0.2, 0) is 11.2 Å². The van der Waals surface area contributed by atoms with Gasteiger partial charge in [-0.05, 0) is 37.5 Å². The number of benzene rings is 1. The molecule has 1 atom stereocenters. The molecule has 1 amide bonds. The molecule has 2 aromatic rings. The van der Waals surface area contributed by atoms with E-state index in [9.17, 15) is 4.79 Å². The third-order valence-electron chi connectivity index (χ3n) is 3.72. The van der Waals surface area contributed by atoms with Crippen LogP contribution in [0.25, 0.3) is 0 Å². The lowest BCUT2D eigenvalue weighted by molar-refractivity contribution is -0.116. The van der Waals surface area contributed by atoms with E-state index in [-0.39, 0.29) is 11.9 Å². The van der Waals surface area contributed by atoms with Gasteiger partial charge in [0.15, 0.2) is 0 Å². The summed E-state index contributed by atoms with van der Waals surface area (Å²) in [5, 5.41) is 7.20. The van der Waals surface area contributed by atoms with Gasteiger partial charge >= 0.3 is 0 Å². The van der Waals surface area contributed by atoms with Gasteiger partial charge in [-0.15, -0.1) is 0 Å². The molecule has 0 saturated heterocycles. The molecule has 1 heterocycles. The Labute approximate surface area is 131 Å². The molecular weight excluding hydrogens is 278 g/mol. The van der Waals surface area contributed by atoms with E-state index in [0.29, 0.717) is 12.8 Å². The van der Waals surface area contributed by atoms with E-state index in [4.69, 9.17) is 4.74 Å². The van der Waals surface area contributed by atoms with Crippen LogP contribution in [0, 0.1) is 0 Å². The second kappa shape index (κ2) is 7.64. The Hall–Kier alpha value is -2.30. The van der Waals surface area contributed by atoms with Gasteiger partial charge in [0.25, 0.3) is 0 Å². The van der Waals surface area contributed by atoms with Crippen molar-refractivity contribution in [3.63, 3.8) is 0 Å². The number of ether oxygens (including phenoxy) is 1. The van der Waals surface area contributed by atoms with Crippen molar-refractivity contribution in [1.29, 1.82) is 0 Å². The van der Waals surface area contributed by atoms with Crippen molar-refractivity contribution < 1.29 is 9.53 Å². The molecule has 0 aliphatic rings. The Morgan fingerprint density at radius 2 is 2.23 bits per heavy atom. The highest BCUT2D eigenvalue weighted by Crippen LogP contribution is 2.17. The minimum Gasteiger partial charge on any atom is -0.497 e. The first kappa shape index (κ1) is 16.1. The standard InChI is InChI=1S/C17H23N3O2/c1-4-13(2)20-16(10-11-18-20)19-17(21)9-8-14-6-5-7-15(12-14)22-3/h5-7,10-13H,4,8-9H2,1-3H3,(H,19,21). The minimum atomic E-state index is -0.00660. The normalized spacial score (nSPS) is 12.0. The Morgan fingerprint density at radius 3 is 2.95 bits per heavy atom. The van der Waals surface area contributed by atoms with Crippen LogP contribution in [0.5, 0.6) is 5.75 Å². The number of hydrogen-bond acceptors (Lipinski definition) is 3. The maximum Gasteiger partial charge on any atom is 0.225 e. The zero-order chi connectivity index (χ0) is 15.9. The number of aromatic nitrogens is 2. The minimum absolute atomic E-state index is 0.00660. The lowest BCUT2D eigenvalue weighted by Gasteiger charge is -2.14. The summed E-state index contributed by atoms with van der Waals surface area (Å²) in [6, 6.07) is 9.88. The fraction of sp³-hybridized carbons (Fsp3) is 0.412. The Morgan fingerprint density at radius 1 is 1.41 bits per heavy atom. The van der Waals surface area contributed by atoms with Crippen molar-refractivity contribution in [2.75, 3.05) is 12.4 Å². The van der Waals surface area contributed by atoms with Crippen LogP contribution in [0.15, 0.2) is 36.5 Å². The van der Waals surface area contributed by atoms with Gasteiger partial charge in [-0.2, -0.15) is 5.10 Å². The largest absolute Gasteiger partial charge is 0.497 e. The number of methoxy groups -OCH3 is 1. The topological polar surface area (TPSA) is 56.2 Å². The number of nitrogens with zero attached hydrogens (tertiary/aromatic N) is 2. The van der Waals surface area contributed by atoms with E-state index in [1.54, 1.807) is 13.3 Å². The van der Waals surface area contributed by atoms with Gasteiger partial charge in [0.1, 0.15) is 11.6 Å². The van der Waals surface area contributed by atoms with E-state index in [2.05, 4.69) is 24.3 Å². The summed E-state index contributed by atoms with van der Waals surface area (Å²) in [4.78, 5) is 12.1. The molecule has 1 aromatic heterocycles. The SMILES string of the molecule is CCC(C)n1nccc1NC(=O)CCc1cccc(OC)c1. The number of anilines is 1. The highest BCUT2D eigenvalue weighted by Gasteiger charge is 2.11. The zero-order valence-corrected chi connectivity index (χ0v) is 13.4. The summed E-state index contributed by atoms with van der Waals surface area (Å²) in [6.45, 7) is 4.18. The molecule has 22 heavy (non-hydrogen) atoms. The van der Waals surface area contributed by atoms with Crippen molar-refractivity contribution in [3.8, 4) is 5.75 Å². The summed E-state index contributed by atoms with van der Waals surface area (Å²) < 4.78 is 7.04. The quantitative estimate of drug-likeness (QED) is 0.852. The van der Waals surface area contributed by atoms with Crippen LogP contribution in [0.4, 0.5) is 5.82 Å². The van der Waals surface area contributed by atoms with Gasteiger partial charge in [-0.3, -0.25) is 4.79 Å². The molecule has 5 nitrogen and oxygen atoms in total. The number of hydrogen-bond donors (Lipinski definition) is 1. The van der Waals surface area contributed by atoms with Crippen molar-refractivity contribution in [1.82, 2.24) is 9.78 Å². The fourth-order valence-corrected chi connectivity index (χ4v) is 2.23. The number of carbonyl (C=O) groups is 1. The monoisotopic (exact) mass is 301 g/mol. The summed E-state index contributed by atoms with van der Waals surface area (Å²) in [7, 11) is 1.64. The summed E-state index contributed by atoms with van der Waals surface area (Å²) in [5.74, 6) is 1.56. The predicted octanol–water partition coefficient (Wildman–Crippen LogP) is 3.43. The van der Waals surface area contributed by atoms with E-state index >= 15 is 0 Å². The third-order valence-corrected chi connectivity index (χ3v) is 3.72. The van der Waals surface area contributed by atoms with Crippen LogP contribution in [0.3, 0.4) is 0 Å². The van der Waals surface area contributed by atoms with Crippen LogP contribution < -0.4 is 10.1 Å². The molecule has 1 unspecified atom stereocenters. The van der Waals surface area contributed by atoms with Crippen molar-refractivity contribution >= 4 is 11.7 Å². The van der Waals surface area contributed by atoms with Gasteiger partial charge in [-0.1, -0.05) is 19.1 Å². The van der Waals surface area contributed by atoms with Crippen LogP contribution in [0.2, 0.25) is 0 Å². The second-order valence-corrected chi connectivity index (χ2v) is 5.32. The third kappa shape index (κ3) is 4.10. The van der Waals surface area contributed by atoms with E-state index in [1.807, 2.05) is 35.0 Å². The van der Waals surface area contributed by atoms with E-state index in [1.165, 1.54) is 0 Å². The molecule has 0 saturated carbocycles. The Balaban J connectivity index is 1.92.